The van der Waals surface area contributed by atoms with Crippen LogP contribution in [-0.2, 0) is 10.8 Å². The van der Waals surface area contributed by atoms with Crippen LogP contribution in [-0.4, -0.2) is 17.1 Å². The van der Waals surface area contributed by atoms with Gasteiger partial charge in [-0.25, -0.2) is 0 Å². The van der Waals surface area contributed by atoms with E-state index in [4.69, 9.17) is 4.43 Å². The van der Waals surface area contributed by atoms with Gasteiger partial charge in [-0.2, -0.15) is 0 Å². The van der Waals surface area contributed by atoms with E-state index in [0.717, 1.165) is 23.5 Å². The van der Waals surface area contributed by atoms with Gasteiger partial charge in [-0.3, -0.25) is 0 Å². The van der Waals surface area contributed by atoms with Crippen molar-refractivity contribution in [2.75, 3.05) is 6.61 Å². The first-order valence-corrected chi connectivity index (χ1v) is 4.69. The molecule has 0 aliphatic carbocycles. The lowest BCUT2D eigenvalue weighted by Gasteiger charge is -2.00. The summed E-state index contributed by atoms with van der Waals surface area (Å²) in [5, 5.41) is 0. The normalized spacial score (nSPS) is 10.3. The zero-order valence-electron chi connectivity index (χ0n) is 7.13. The third kappa shape index (κ3) is 2.86. The lowest BCUT2D eigenvalue weighted by molar-refractivity contribution is 0.354. The van der Waals surface area contributed by atoms with Gasteiger partial charge in [-0.15, -0.1) is 0 Å². The summed E-state index contributed by atoms with van der Waals surface area (Å²) in [6.07, 6.45) is 1.05. The van der Waals surface area contributed by atoms with Crippen LogP contribution in [0.1, 0.15) is 11.1 Å². The lowest BCUT2D eigenvalue weighted by atomic mass is 10.1. The number of hydrogen-bond donors (Lipinski definition) is 0. The molecule has 0 atom stereocenters. The molecule has 1 aromatic carbocycles. The molecule has 0 aromatic heterocycles. The third-order valence-electron chi connectivity index (χ3n) is 1.72. The topological polar surface area (TPSA) is 9.23 Å². The molecule has 0 bridgehead atoms. The van der Waals surface area contributed by atoms with Gasteiger partial charge in [0.05, 0.1) is 0 Å². The highest BCUT2D eigenvalue weighted by molar-refractivity contribution is 5.97. The second-order valence-corrected chi connectivity index (χ2v) is 3.31. The van der Waals surface area contributed by atoms with Crippen molar-refractivity contribution in [1.29, 1.82) is 0 Å². The highest BCUT2D eigenvalue weighted by Crippen LogP contribution is 2.03. The average molecular weight is 166 g/mol. The van der Waals surface area contributed by atoms with Crippen molar-refractivity contribution in [3.8, 4) is 0 Å². The SMILES string of the molecule is Cc1ccc(CCO[SiH3])cc1. The summed E-state index contributed by atoms with van der Waals surface area (Å²) in [6, 6.07) is 8.61. The molecule has 0 N–H and O–H groups in total. The molecule has 0 heterocycles. The van der Waals surface area contributed by atoms with Crippen molar-refractivity contribution in [2.24, 2.45) is 0 Å². The standard InChI is InChI=1S/C9H14OSi/c1-8-2-4-9(5-3-8)6-7-10-11/h2-5H,6-7H2,1,11H3. The van der Waals surface area contributed by atoms with E-state index < -0.39 is 0 Å². The molecule has 2 heteroatoms. The maximum Gasteiger partial charge on any atom is 0.145 e. The Morgan fingerprint density at radius 2 is 1.91 bits per heavy atom. The fraction of sp³-hybridized carbons (Fsp3) is 0.333. The predicted octanol–water partition coefficient (Wildman–Crippen LogP) is 0.835. The number of hydrogen-bond acceptors (Lipinski definition) is 1. The Morgan fingerprint density at radius 1 is 1.27 bits per heavy atom. The quantitative estimate of drug-likeness (QED) is 0.605. The van der Waals surface area contributed by atoms with Crippen molar-refractivity contribution < 1.29 is 4.43 Å². The number of rotatable bonds is 3. The van der Waals surface area contributed by atoms with Crippen LogP contribution < -0.4 is 0 Å². The van der Waals surface area contributed by atoms with Crippen molar-refractivity contribution in [2.45, 2.75) is 13.3 Å². The molecular formula is C9H14OSi. The molecule has 0 amide bonds. The van der Waals surface area contributed by atoms with E-state index in [2.05, 4.69) is 31.2 Å². The van der Waals surface area contributed by atoms with E-state index in [1.54, 1.807) is 0 Å². The first kappa shape index (κ1) is 8.49. The van der Waals surface area contributed by atoms with Crippen LogP contribution in [0, 0.1) is 6.92 Å². The minimum atomic E-state index is 0.848. The first-order valence-electron chi connectivity index (χ1n) is 3.87. The molecule has 1 aromatic rings. The van der Waals surface area contributed by atoms with Crippen LogP contribution in [0.2, 0.25) is 0 Å². The molecule has 1 rings (SSSR count). The summed E-state index contributed by atoms with van der Waals surface area (Å²) in [6.45, 7) is 2.97. The fourth-order valence-corrected chi connectivity index (χ4v) is 1.18. The second-order valence-electron chi connectivity index (χ2n) is 2.73. The van der Waals surface area contributed by atoms with Crippen LogP contribution in [0.5, 0.6) is 0 Å². The Hall–Kier alpha value is -0.603. The predicted molar refractivity (Wildman–Crippen MR) is 50.8 cm³/mol. The van der Waals surface area contributed by atoms with Gasteiger partial charge in [0.2, 0.25) is 0 Å². The Balaban J connectivity index is 2.52. The Morgan fingerprint density at radius 3 is 2.45 bits per heavy atom. The van der Waals surface area contributed by atoms with E-state index in [1.807, 2.05) is 0 Å². The molecule has 1 nitrogen and oxygen atoms in total. The number of aryl methyl sites for hydroxylation is 1. The van der Waals surface area contributed by atoms with Crippen molar-refractivity contribution >= 4 is 10.5 Å². The molecular weight excluding hydrogens is 152 g/mol. The molecule has 0 spiro atoms. The van der Waals surface area contributed by atoms with Gasteiger partial charge in [0, 0.05) is 6.61 Å². The summed E-state index contributed by atoms with van der Waals surface area (Å²) in [5.74, 6) is 0. The van der Waals surface area contributed by atoms with Gasteiger partial charge >= 0.3 is 0 Å². The third-order valence-corrected chi connectivity index (χ3v) is 2.12. The van der Waals surface area contributed by atoms with Gasteiger partial charge in [-0.05, 0) is 18.9 Å². The molecule has 0 unspecified atom stereocenters. The summed E-state index contributed by atoms with van der Waals surface area (Å²) in [4.78, 5) is 0. The van der Waals surface area contributed by atoms with Crippen molar-refractivity contribution in [1.82, 2.24) is 0 Å². The molecule has 0 radical (unpaired) electrons. The van der Waals surface area contributed by atoms with Gasteiger partial charge in [0.25, 0.3) is 0 Å². The van der Waals surface area contributed by atoms with E-state index in [-0.39, 0.29) is 0 Å². The Labute approximate surface area is 70.9 Å². The van der Waals surface area contributed by atoms with Gasteiger partial charge < -0.3 is 4.43 Å². The van der Waals surface area contributed by atoms with Crippen LogP contribution >= 0.6 is 0 Å². The highest BCUT2D eigenvalue weighted by atomic mass is 28.2. The molecule has 60 valence electrons. The monoisotopic (exact) mass is 166 g/mol. The second kappa shape index (κ2) is 4.31. The van der Waals surface area contributed by atoms with Crippen LogP contribution in [0.4, 0.5) is 0 Å². The van der Waals surface area contributed by atoms with E-state index in [0.29, 0.717) is 0 Å². The lowest BCUT2D eigenvalue weighted by Crippen LogP contribution is -1.94. The Kier molecular flexibility index (Phi) is 3.33. The summed E-state index contributed by atoms with van der Waals surface area (Å²) in [7, 11) is 0.848. The molecule has 11 heavy (non-hydrogen) atoms. The molecule has 0 aliphatic rings. The van der Waals surface area contributed by atoms with Gasteiger partial charge in [-0.1, -0.05) is 29.8 Å². The maximum atomic E-state index is 5.11. The summed E-state index contributed by atoms with van der Waals surface area (Å²) in [5.41, 5.74) is 2.69. The highest BCUT2D eigenvalue weighted by Gasteiger charge is 1.90. The zero-order valence-corrected chi connectivity index (χ0v) is 9.13. The first-order chi connectivity index (χ1) is 5.33. The van der Waals surface area contributed by atoms with E-state index in [1.165, 1.54) is 11.1 Å². The van der Waals surface area contributed by atoms with E-state index >= 15 is 0 Å². The van der Waals surface area contributed by atoms with Crippen molar-refractivity contribution in [3.05, 3.63) is 35.4 Å². The maximum absolute atomic E-state index is 5.11. The van der Waals surface area contributed by atoms with E-state index in [9.17, 15) is 0 Å². The van der Waals surface area contributed by atoms with Gasteiger partial charge in [0.1, 0.15) is 10.5 Å². The molecule has 0 saturated heterocycles. The van der Waals surface area contributed by atoms with Crippen LogP contribution in [0.3, 0.4) is 0 Å². The minimum Gasteiger partial charge on any atom is -0.428 e. The smallest absolute Gasteiger partial charge is 0.145 e. The average Bonchev–Trinajstić information content (AvgIpc) is 2.04. The van der Waals surface area contributed by atoms with Crippen LogP contribution in [0.25, 0.3) is 0 Å². The van der Waals surface area contributed by atoms with Gasteiger partial charge in [0.15, 0.2) is 0 Å². The zero-order chi connectivity index (χ0) is 8.10. The minimum absolute atomic E-state index is 0.848. The largest absolute Gasteiger partial charge is 0.428 e. The summed E-state index contributed by atoms with van der Waals surface area (Å²) >= 11 is 0. The molecule has 0 saturated carbocycles. The Bertz CT molecular complexity index is 205. The molecule has 0 aliphatic heterocycles. The van der Waals surface area contributed by atoms with Crippen molar-refractivity contribution in [3.63, 3.8) is 0 Å². The molecule has 0 fully saturated rings. The van der Waals surface area contributed by atoms with Crippen LogP contribution in [0.15, 0.2) is 24.3 Å². The number of benzene rings is 1. The fourth-order valence-electron chi connectivity index (χ4n) is 0.975. The summed E-state index contributed by atoms with van der Waals surface area (Å²) < 4.78 is 5.11.